The Labute approximate surface area is 206 Å². The molecular weight excluding hydrogens is 446 g/mol. The second kappa shape index (κ2) is 10.9. The van der Waals surface area contributed by atoms with Crippen LogP contribution in [0.5, 0.6) is 11.5 Å². The summed E-state index contributed by atoms with van der Waals surface area (Å²) in [5, 5.41) is 10.8. The molecule has 4 rings (SSSR count). The maximum Gasteiger partial charge on any atom is 0.229 e. The number of hydrogen-bond acceptors (Lipinski definition) is 6. The second-order valence-electron chi connectivity index (χ2n) is 8.48. The third-order valence-electron chi connectivity index (χ3n) is 6.30. The van der Waals surface area contributed by atoms with Crippen molar-refractivity contribution >= 4 is 23.4 Å². The second-order valence-corrected chi connectivity index (χ2v) is 9.41. The van der Waals surface area contributed by atoms with E-state index in [4.69, 9.17) is 9.47 Å². The summed E-state index contributed by atoms with van der Waals surface area (Å²) in [6, 6.07) is 16.7. The lowest BCUT2D eigenvalue weighted by Crippen LogP contribution is -2.47. The van der Waals surface area contributed by atoms with E-state index < -0.39 is 0 Å². The number of ether oxygens (including phenoxy) is 2. The van der Waals surface area contributed by atoms with E-state index >= 15 is 0 Å². The van der Waals surface area contributed by atoms with Crippen molar-refractivity contribution in [2.75, 3.05) is 31.2 Å². The number of nitriles is 1. The molecule has 6 nitrogen and oxygen atoms in total. The number of nitrogens with zero attached hydrogens (tertiary/aromatic N) is 3. The largest absolute Gasteiger partial charge is 0.493 e. The Morgan fingerprint density at radius 2 is 1.94 bits per heavy atom. The SMILES string of the molecule is CCCCc1ccc(N2CSC3=C(C#N)C(c4ccc(OCC)c(OC)c4)CC(=O)N3C2)cc1. The molecule has 7 heteroatoms. The lowest BCUT2D eigenvalue weighted by molar-refractivity contribution is -0.129. The number of anilines is 1. The summed E-state index contributed by atoms with van der Waals surface area (Å²) in [6.45, 7) is 5.12. The Morgan fingerprint density at radius 1 is 1.15 bits per heavy atom. The predicted molar refractivity (Wildman–Crippen MR) is 136 cm³/mol. The zero-order chi connectivity index (χ0) is 24.1. The normalized spacial score (nSPS) is 17.9. The fourth-order valence-electron chi connectivity index (χ4n) is 4.44. The number of carbonyl (C=O) groups is 1. The van der Waals surface area contributed by atoms with Crippen LogP contribution in [-0.4, -0.2) is 37.1 Å². The van der Waals surface area contributed by atoms with Gasteiger partial charge in [-0.25, -0.2) is 0 Å². The van der Waals surface area contributed by atoms with Crippen LogP contribution in [0.25, 0.3) is 0 Å². The molecule has 1 amide bonds. The monoisotopic (exact) mass is 477 g/mol. The molecule has 1 saturated heterocycles. The lowest BCUT2D eigenvalue weighted by atomic mass is 9.86. The van der Waals surface area contributed by atoms with Crippen LogP contribution in [0.3, 0.4) is 0 Å². The number of fused-ring (bicyclic) bond motifs is 1. The molecule has 2 aliphatic heterocycles. The summed E-state index contributed by atoms with van der Waals surface area (Å²) in [7, 11) is 1.60. The van der Waals surface area contributed by atoms with Crippen LogP contribution >= 0.6 is 11.8 Å². The molecule has 0 saturated carbocycles. The van der Waals surface area contributed by atoms with Crippen LogP contribution in [0.1, 0.15) is 50.2 Å². The number of carbonyl (C=O) groups excluding carboxylic acids is 1. The Morgan fingerprint density at radius 3 is 2.62 bits per heavy atom. The van der Waals surface area contributed by atoms with Gasteiger partial charge in [-0.05, 0) is 55.2 Å². The van der Waals surface area contributed by atoms with E-state index in [2.05, 4.69) is 42.2 Å². The molecule has 0 bridgehead atoms. The first kappa shape index (κ1) is 24.0. The molecule has 0 aromatic heterocycles. The zero-order valence-electron chi connectivity index (χ0n) is 20.0. The summed E-state index contributed by atoms with van der Waals surface area (Å²) in [5.41, 5.74) is 3.97. The highest BCUT2D eigenvalue weighted by atomic mass is 32.2. The van der Waals surface area contributed by atoms with Crippen molar-refractivity contribution in [2.45, 2.75) is 45.4 Å². The van der Waals surface area contributed by atoms with Crippen molar-refractivity contribution in [3.8, 4) is 17.6 Å². The Hall–Kier alpha value is -3.11. The zero-order valence-corrected chi connectivity index (χ0v) is 20.9. The molecule has 1 atom stereocenters. The van der Waals surface area contributed by atoms with Gasteiger partial charge in [0.05, 0.1) is 42.9 Å². The number of methoxy groups -OCH3 is 1. The van der Waals surface area contributed by atoms with E-state index in [9.17, 15) is 10.1 Å². The first-order valence-corrected chi connectivity index (χ1v) is 12.8. The van der Waals surface area contributed by atoms with E-state index in [0.29, 0.717) is 36.2 Å². The molecule has 1 unspecified atom stereocenters. The minimum Gasteiger partial charge on any atom is -0.493 e. The van der Waals surface area contributed by atoms with Gasteiger partial charge in [-0.3, -0.25) is 9.69 Å². The van der Waals surface area contributed by atoms with Gasteiger partial charge in [-0.15, -0.1) is 0 Å². The van der Waals surface area contributed by atoms with Gasteiger partial charge in [-0.1, -0.05) is 43.3 Å². The number of hydrogen-bond donors (Lipinski definition) is 0. The highest BCUT2D eigenvalue weighted by molar-refractivity contribution is 8.03. The number of thioether (sulfide) groups is 1. The van der Waals surface area contributed by atoms with E-state index in [1.807, 2.05) is 25.1 Å². The van der Waals surface area contributed by atoms with Crippen molar-refractivity contribution in [2.24, 2.45) is 0 Å². The fraction of sp³-hybridized carbons (Fsp3) is 0.407. The van der Waals surface area contributed by atoms with E-state index in [0.717, 1.165) is 22.7 Å². The molecule has 0 radical (unpaired) electrons. The van der Waals surface area contributed by atoms with Crippen LogP contribution < -0.4 is 14.4 Å². The highest BCUT2D eigenvalue weighted by Gasteiger charge is 2.38. The summed E-state index contributed by atoms with van der Waals surface area (Å²) in [5.74, 6) is 1.71. The number of amides is 1. The van der Waals surface area contributed by atoms with Gasteiger partial charge in [-0.2, -0.15) is 5.26 Å². The maximum absolute atomic E-state index is 13.2. The summed E-state index contributed by atoms with van der Waals surface area (Å²) in [6.07, 6.45) is 3.72. The summed E-state index contributed by atoms with van der Waals surface area (Å²) in [4.78, 5) is 17.2. The fourth-order valence-corrected chi connectivity index (χ4v) is 5.61. The maximum atomic E-state index is 13.2. The molecule has 1 fully saturated rings. The summed E-state index contributed by atoms with van der Waals surface area (Å²) < 4.78 is 11.1. The Bertz CT molecular complexity index is 1110. The minimum atomic E-state index is -0.287. The number of rotatable bonds is 8. The molecule has 0 N–H and O–H groups in total. The molecule has 2 aromatic carbocycles. The molecular formula is C27H31N3O3S. The molecule has 0 spiro atoms. The first-order valence-electron chi connectivity index (χ1n) is 11.8. The van der Waals surface area contributed by atoms with Gasteiger partial charge >= 0.3 is 0 Å². The van der Waals surface area contributed by atoms with Gasteiger partial charge in [0.1, 0.15) is 0 Å². The summed E-state index contributed by atoms with van der Waals surface area (Å²) >= 11 is 1.56. The molecule has 178 valence electrons. The Balaban J connectivity index is 1.57. The number of allylic oxidation sites excluding steroid dienone is 1. The van der Waals surface area contributed by atoms with E-state index in [1.54, 1.807) is 23.8 Å². The van der Waals surface area contributed by atoms with E-state index in [-0.39, 0.29) is 18.2 Å². The van der Waals surface area contributed by atoms with Crippen molar-refractivity contribution in [3.63, 3.8) is 0 Å². The van der Waals surface area contributed by atoms with Crippen molar-refractivity contribution < 1.29 is 14.3 Å². The minimum absolute atomic E-state index is 0.0311. The average Bonchev–Trinajstić information content (AvgIpc) is 2.88. The molecule has 0 aliphatic carbocycles. The van der Waals surface area contributed by atoms with Crippen LogP contribution in [0.4, 0.5) is 5.69 Å². The van der Waals surface area contributed by atoms with E-state index in [1.165, 1.54) is 18.4 Å². The number of aryl methyl sites for hydroxylation is 1. The van der Waals surface area contributed by atoms with Crippen molar-refractivity contribution in [3.05, 3.63) is 64.2 Å². The van der Waals surface area contributed by atoms with Crippen molar-refractivity contribution in [1.29, 1.82) is 5.26 Å². The third-order valence-corrected chi connectivity index (χ3v) is 7.46. The number of benzene rings is 2. The Kier molecular flexibility index (Phi) is 7.69. The third kappa shape index (κ3) is 4.88. The van der Waals surface area contributed by atoms with Gasteiger partial charge in [0.15, 0.2) is 11.5 Å². The molecule has 2 aliphatic rings. The van der Waals surface area contributed by atoms with Gasteiger partial charge in [0.2, 0.25) is 5.91 Å². The highest BCUT2D eigenvalue weighted by Crippen LogP contribution is 2.44. The standard InChI is InChI=1S/C27H31N3O3S/c1-4-6-7-19-8-11-21(12-9-19)29-17-30-26(31)15-22(23(16-28)27(30)34-18-29)20-10-13-24(33-5-2)25(14-20)32-3/h8-14,22H,4-7,15,17-18H2,1-3H3. The molecule has 34 heavy (non-hydrogen) atoms. The van der Waals surface area contributed by atoms with Crippen LogP contribution in [0, 0.1) is 11.3 Å². The lowest BCUT2D eigenvalue weighted by Gasteiger charge is -2.42. The number of unbranched alkanes of at least 4 members (excludes halogenated alkanes) is 1. The van der Waals surface area contributed by atoms with Gasteiger partial charge < -0.3 is 14.4 Å². The van der Waals surface area contributed by atoms with Gasteiger partial charge in [0, 0.05) is 18.0 Å². The quantitative estimate of drug-likeness (QED) is 0.489. The van der Waals surface area contributed by atoms with Crippen LogP contribution in [0.2, 0.25) is 0 Å². The van der Waals surface area contributed by atoms with Crippen molar-refractivity contribution in [1.82, 2.24) is 4.90 Å². The van der Waals surface area contributed by atoms with Crippen LogP contribution in [-0.2, 0) is 11.2 Å². The molecule has 2 aromatic rings. The average molecular weight is 478 g/mol. The first-order chi connectivity index (χ1) is 16.6. The predicted octanol–water partition coefficient (Wildman–Crippen LogP) is 5.66. The topological polar surface area (TPSA) is 65.8 Å². The van der Waals surface area contributed by atoms with Gasteiger partial charge in [0.25, 0.3) is 0 Å². The molecule has 2 heterocycles. The smallest absolute Gasteiger partial charge is 0.229 e. The van der Waals surface area contributed by atoms with Crippen LogP contribution in [0.15, 0.2) is 53.1 Å².